The number of pyridine rings is 1. The third-order valence-corrected chi connectivity index (χ3v) is 5.09. The number of hydrogen-bond acceptors (Lipinski definition) is 4. The molecule has 25 heavy (non-hydrogen) atoms. The van der Waals surface area contributed by atoms with Crippen LogP contribution in [0.5, 0.6) is 0 Å². The van der Waals surface area contributed by atoms with Crippen LogP contribution in [-0.4, -0.2) is 47.3 Å². The second-order valence-electron chi connectivity index (χ2n) is 6.87. The number of likely N-dealkylation sites (N-methyl/N-ethyl adjacent to an activating group) is 2. The van der Waals surface area contributed by atoms with Crippen molar-refractivity contribution >= 4 is 17.5 Å². The monoisotopic (exact) mass is 340 g/mol. The Bertz CT molecular complexity index is 785. The summed E-state index contributed by atoms with van der Waals surface area (Å²) in [7, 11) is 3.63. The summed E-state index contributed by atoms with van der Waals surface area (Å²) in [6, 6.07) is 9.84. The molecule has 0 aliphatic heterocycles. The molecule has 132 valence electrons. The number of nitrogens with two attached hydrogens (primary N) is 1. The van der Waals surface area contributed by atoms with E-state index >= 15 is 0 Å². The molecule has 3 rings (SSSR count). The lowest BCUT2D eigenvalue weighted by Crippen LogP contribution is -2.45. The number of benzene rings is 1. The summed E-state index contributed by atoms with van der Waals surface area (Å²) in [4.78, 5) is 19.3. The SMILES string of the molecule is Cc1ncc(N(C)CC2(N(C)C(=O)O)CC2)cc1-c1ccc(N)cc1. The molecule has 0 atom stereocenters. The second kappa shape index (κ2) is 6.27. The van der Waals surface area contributed by atoms with Crippen molar-refractivity contribution in [2.75, 3.05) is 31.3 Å². The molecule has 3 N–H and O–H groups in total. The fraction of sp³-hybridized carbons (Fsp3) is 0.368. The van der Waals surface area contributed by atoms with Gasteiger partial charge in [-0.3, -0.25) is 4.98 Å². The Morgan fingerprint density at radius 3 is 2.48 bits per heavy atom. The summed E-state index contributed by atoms with van der Waals surface area (Å²) < 4.78 is 0. The van der Waals surface area contributed by atoms with E-state index in [0.29, 0.717) is 6.54 Å². The van der Waals surface area contributed by atoms with Gasteiger partial charge in [-0.15, -0.1) is 0 Å². The smallest absolute Gasteiger partial charge is 0.407 e. The molecule has 1 fully saturated rings. The lowest BCUT2D eigenvalue weighted by atomic mass is 10.0. The average molecular weight is 340 g/mol. The number of carbonyl (C=O) groups is 1. The van der Waals surface area contributed by atoms with Crippen LogP contribution in [0.4, 0.5) is 16.2 Å². The van der Waals surface area contributed by atoms with E-state index in [1.807, 2.05) is 44.4 Å². The van der Waals surface area contributed by atoms with Crippen LogP contribution < -0.4 is 10.6 Å². The van der Waals surface area contributed by atoms with Crippen molar-refractivity contribution in [3.8, 4) is 11.1 Å². The van der Waals surface area contributed by atoms with Crippen LogP contribution >= 0.6 is 0 Å². The zero-order chi connectivity index (χ0) is 18.2. The van der Waals surface area contributed by atoms with Crippen molar-refractivity contribution in [3.05, 3.63) is 42.2 Å². The molecule has 1 aliphatic rings. The lowest BCUT2D eigenvalue weighted by Gasteiger charge is -2.31. The van der Waals surface area contributed by atoms with E-state index < -0.39 is 6.09 Å². The van der Waals surface area contributed by atoms with Crippen LogP contribution in [0.15, 0.2) is 36.5 Å². The maximum absolute atomic E-state index is 11.3. The number of aryl methyl sites for hydroxylation is 1. The standard InChI is InChI=1S/C19H24N4O2/c1-13-17(14-4-6-15(20)7-5-14)10-16(11-21-13)22(2)12-19(8-9-19)23(3)18(24)25/h4-7,10-11H,8-9,12,20H2,1-3H3,(H,24,25). The molecule has 1 amide bonds. The number of aromatic nitrogens is 1. The number of nitrogen functional groups attached to an aromatic ring is 1. The maximum atomic E-state index is 11.3. The molecule has 2 aromatic rings. The molecule has 1 heterocycles. The summed E-state index contributed by atoms with van der Waals surface area (Å²) in [5.74, 6) is 0. The Hall–Kier alpha value is -2.76. The quantitative estimate of drug-likeness (QED) is 0.817. The summed E-state index contributed by atoms with van der Waals surface area (Å²) in [5, 5.41) is 9.28. The molecule has 1 aliphatic carbocycles. The van der Waals surface area contributed by atoms with Crippen LogP contribution in [0.25, 0.3) is 11.1 Å². The number of amides is 1. The predicted molar refractivity (Wildman–Crippen MR) is 99.8 cm³/mol. The molecule has 0 radical (unpaired) electrons. The number of hydrogen-bond donors (Lipinski definition) is 2. The Morgan fingerprint density at radius 2 is 1.92 bits per heavy atom. The minimum absolute atomic E-state index is 0.285. The molecular formula is C19H24N4O2. The van der Waals surface area contributed by atoms with Crippen LogP contribution in [0, 0.1) is 6.92 Å². The third-order valence-electron chi connectivity index (χ3n) is 5.09. The fourth-order valence-corrected chi connectivity index (χ4v) is 3.17. The van der Waals surface area contributed by atoms with Gasteiger partial charge in [0.05, 0.1) is 17.4 Å². The summed E-state index contributed by atoms with van der Waals surface area (Å²) in [6.07, 6.45) is 2.75. The first-order chi connectivity index (χ1) is 11.8. The normalized spacial score (nSPS) is 14.8. The van der Waals surface area contributed by atoms with Gasteiger partial charge in [-0.2, -0.15) is 0 Å². The number of rotatable bonds is 5. The van der Waals surface area contributed by atoms with Crippen LogP contribution in [0.2, 0.25) is 0 Å². The first kappa shape index (κ1) is 17.1. The molecule has 0 unspecified atom stereocenters. The molecular weight excluding hydrogens is 316 g/mol. The minimum atomic E-state index is -0.879. The van der Waals surface area contributed by atoms with E-state index in [2.05, 4.69) is 16.0 Å². The van der Waals surface area contributed by atoms with Gasteiger partial charge in [0.25, 0.3) is 0 Å². The van der Waals surface area contributed by atoms with E-state index in [0.717, 1.165) is 41.0 Å². The Morgan fingerprint density at radius 1 is 1.28 bits per heavy atom. The fourth-order valence-electron chi connectivity index (χ4n) is 3.17. The largest absolute Gasteiger partial charge is 0.465 e. The van der Waals surface area contributed by atoms with Gasteiger partial charge in [0.2, 0.25) is 0 Å². The van der Waals surface area contributed by atoms with Gasteiger partial charge in [-0.25, -0.2) is 4.79 Å². The molecule has 6 nitrogen and oxygen atoms in total. The summed E-state index contributed by atoms with van der Waals surface area (Å²) in [5.41, 5.74) is 10.3. The molecule has 0 spiro atoms. The highest BCUT2D eigenvalue weighted by molar-refractivity contribution is 5.71. The second-order valence-corrected chi connectivity index (χ2v) is 6.87. The third kappa shape index (κ3) is 3.38. The number of nitrogens with zero attached hydrogens (tertiary/aromatic N) is 3. The van der Waals surface area contributed by atoms with Crippen molar-refractivity contribution in [1.82, 2.24) is 9.88 Å². The number of carboxylic acid groups (broad SMARTS) is 1. The van der Waals surface area contributed by atoms with Crippen molar-refractivity contribution in [2.45, 2.75) is 25.3 Å². The Labute approximate surface area is 147 Å². The summed E-state index contributed by atoms with van der Waals surface area (Å²) in [6.45, 7) is 2.64. The van der Waals surface area contributed by atoms with Gasteiger partial charge in [0, 0.05) is 37.6 Å². The van der Waals surface area contributed by atoms with E-state index in [-0.39, 0.29) is 5.54 Å². The minimum Gasteiger partial charge on any atom is -0.465 e. The zero-order valence-corrected chi connectivity index (χ0v) is 14.9. The van der Waals surface area contributed by atoms with Crippen molar-refractivity contribution in [1.29, 1.82) is 0 Å². The predicted octanol–water partition coefficient (Wildman–Crippen LogP) is 3.22. The van der Waals surface area contributed by atoms with Gasteiger partial charge in [0.15, 0.2) is 0 Å². The molecule has 1 saturated carbocycles. The topological polar surface area (TPSA) is 82.7 Å². The van der Waals surface area contributed by atoms with E-state index in [1.165, 1.54) is 4.90 Å². The highest BCUT2D eigenvalue weighted by atomic mass is 16.4. The highest BCUT2D eigenvalue weighted by Crippen LogP contribution is 2.42. The van der Waals surface area contributed by atoms with E-state index in [9.17, 15) is 9.90 Å². The maximum Gasteiger partial charge on any atom is 0.407 e. The molecule has 1 aromatic carbocycles. The van der Waals surface area contributed by atoms with E-state index in [4.69, 9.17) is 5.73 Å². The Balaban J connectivity index is 1.84. The van der Waals surface area contributed by atoms with Gasteiger partial charge in [-0.05, 0) is 43.5 Å². The first-order valence-electron chi connectivity index (χ1n) is 8.33. The lowest BCUT2D eigenvalue weighted by molar-refractivity contribution is 0.133. The van der Waals surface area contributed by atoms with Crippen LogP contribution in [0.3, 0.4) is 0 Å². The molecule has 0 bridgehead atoms. The van der Waals surface area contributed by atoms with Crippen molar-refractivity contribution in [2.24, 2.45) is 0 Å². The van der Waals surface area contributed by atoms with Crippen LogP contribution in [0.1, 0.15) is 18.5 Å². The molecule has 1 aromatic heterocycles. The van der Waals surface area contributed by atoms with Gasteiger partial charge < -0.3 is 20.6 Å². The van der Waals surface area contributed by atoms with Crippen molar-refractivity contribution < 1.29 is 9.90 Å². The van der Waals surface area contributed by atoms with E-state index in [1.54, 1.807) is 7.05 Å². The van der Waals surface area contributed by atoms with Crippen molar-refractivity contribution in [3.63, 3.8) is 0 Å². The first-order valence-corrected chi connectivity index (χ1v) is 8.33. The van der Waals surface area contributed by atoms with Gasteiger partial charge in [0.1, 0.15) is 0 Å². The highest BCUT2D eigenvalue weighted by Gasteiger charge is 2.49. The van der Waals surface area contributed by atoms with Crippen LogP contribution in [-0.2, 0) is 0 Å². The van der Waals surface area contributed by atoms with Gasteiger partial charge in [-0.1, -0.05) is 12.1 Å². The van der Waals surface area contributed by atoms with Gasteiger partial charge >= 0.3 is 6.09 Å². The zero-order valence-electron chi connectivity index (χ0n) is 14.9. The molecule has 6 heteroatoms. The molecule has 0 saturated heterocycles. The average Bonchev–Trinajstić information content (AvgIpc) is 3.36. The summed E-state index contributed by atoms with van der Waals surface area (Å²) >= 11 is 0. The number of anilines is 2. The Kier molecular flexibility index (Phi) is 4.29.